The first-order valence-electron chi connectivity index (χ1n) is 8.33. The lowest BCUT2D eigenvalue weighted by Gasteiger charge is -2.23. The van der Waals surface area contributed by atoms with Crippen LogP contribution in [-0.2, 0) is 11.3 Å². The maximum Gasteiger partial charge on any atom is 0.234 e. The lowest BCUT2D eigenvalue weighted by molar-refractivity contribution is -0.123. The van der Waals surface area contributed by atoms with Gasteiger partial charge in [0.1, 0.15) is 5.75 Å². The molecule has 2 aromatic carbocycles. The second-order valence-electron chi connectivity index (χ2n) is 6.23. The van der Waals surface area contributed by atoms with Crippen molar-refractivity contribution in [2.45, 2.75) is 25.6 Å². The van der Waals surface area contributed by atoms with Crippen molar-refractivity contribution in [2.75, 3.05) is 20.7 Å². The average molecular weight is 342 g/mol. The number of aliphatic hydroxyl groups is 1. The Morgan fingerprint density at radius 2 is 1.80 bits per heavy atom. The van der Waals surface area contributed by atoms with Crippen molar-refractivity contribution in [2.24, 2.45) is 0 Å². The summed E-state index contributed by atoms with van der Waals surface area (Å²) < 4.78 is 5.11. The molecule has 25 heavy (non-hydrogen) atoms. The van der Waals surface area contributed by atoms with Crippen LogP contribution in [0.1, 0.15) is 24.2 Å². The van der Waals surface area contributed by atoms with Crippen LogP contribution in [0.4, 0.5) is 0 Å². The van der Waals surface area contributed by atoms with E-state index in [1.54, 1.807) is 38.3 Å². The van der Waals surface area contributed by atoms with Gasteiger partial charge in [0.15, 0.2) is 0 Å². The minimum Gasteiger partial charge on any atom is -0.497 e. The molecule has 2 aromatic rings. The number of hydrogen-bond donors (Lipinski definition) is 2. The monoisotopic (exact) mass is 342 g/mol. The van der Waals surface area contributed by atoms with Crippen LogP contribution >= 0.6 is 0 Å². The summed E-state index contributed by atoms with van der Waals surface area (Å²) in [5.41, 5.74) is 1.90. The molecule has 0 aliphatic rings. The molecule has 5 nitrogen and oxygen atoms in total. The van der Waals surface area contributed by atoms with E-state index < -0.39 is 6.10 Å². The van der Waals surface area contributed by atoms with E-state index in [1.165, 1.54) is 0 Å². The predicted molar refractivity (Wildman–Crippen MR) is 98.3 cm³/mol. The molecule has 0 heterocycles. The van der Waals surface area contributed by atoms with Gasteiger partial charge in [0.25, 0.3) is 0 Å². The number of carbonyl (C=O) groups excluding carboxylic acids is 1. The van der Waals surface area contributed by atoms with Gasteiger partial charge >= 0.3 is 0 Å². The number of likely N-dealkylation sites (N-methyl/N-ethyl adjacent to an activating group) is 1. The number of benzene rings is 2. The fraction of sp³-hybridized carbons (Fsp3) is 0.350. The first kappa shape index (κ1) is 19.0. The van der Waals surface area contributed by atoms with Crippen LogP contribution in [0.5, 0.6) is 5.75 Å². The van der Waals surface area contributed by atoms with E-state index in [4.69, 9.17) is 4.74 Å². The van der Waals surface area contributed by atoms with Crippen LogP contribution in [0.15, 0.2) is 54.6 Å². The summed E-state index contributed by atoms with van der Waals surface area (Å²) in [6.45, 7) is 2.77. The zero-order valence-electron chi connectivity index (χ0n) is 15.0. The van der Waals surface area contributed by atoms with E-state index in [1.807, 2.05) is 42.3 Å². The van der Waals surface area contributed by atoms with Gasteiger partial charge in [-0.3, -0.25) is 9.69 Å². The molecule has 2 N–H and O–H groups in total. The minimum absolute atomic E-state index is 0.113. The Balaban J connectivity index is 1.83. The maximum atomic E-state index is 12.2. The minimum atomic E-state index is -0.769. The molecule has 0 aromatic heterocycles. The maximum absolute atomic E-state index is 12.2. The number of aliphatic hydroxyl groups excluding tert-OH is 1. The smallest absolute Gasteiger partial charge is 0.234 e. The topological polar surface area (TPSA) is 61.8 Å². The molecule has 0 saturated carbocycles. The average Bonchev–Trinajstić information content (AvgIpc) is 2.61. The summed E-state index contributed by atoms with van der Waals surface area (Å²) in [5.74, 6) is 0.619. The number of hydrogen-bond acceptors (Lipinski definition) is 4. The highest BCUT2D eigenvalue weighted by molar-refractivity contribution is 5.78. The number of methoxy groups -OCH3 is 1. The highest BCUT2D eigenvalue weighted by atomic mass is 16.5. The third kappa shape index (κ3) is 5.89. The number of carbonyl (C=O) groups is 1. The normalized spacial score (nSPS) is 13.3. The fourth-order valence-electron chi connectivity index (χ4n) is 2.66. The van der Waals surface area contributed by atoms with E-state index in [0.29, 0.717) is 6.54 Å². The van der Waals surface area contributed by atoms with Gasteiger partial charge in [-0.25, -0.2) is 0 Å². The Hall–Kier alpha value is -2.37. The van der Waals surface area contributed by atoms with Crippen molar-refractivity contribution < 1.29 is 14.6 Å². The van der Waals surface area contributed by atoms with Gasteiger partial charge in [-0.2, -0.15) is 0 Å². The first-order chi connectivity index (χ1) is 12.0. The summed E-state index contributed by atoms with van der Waals surface area (Å²) in [5, 5.41) is 13.3. The SMILES string of the molecule is COc1ccc(C(O)C(C)NC(=O)CN(C)Cc2ccccc2)cc1. The Morgan fingerprint density at radius 3 is 2.40 bits per heavy atom. The molecule has 0 fully saturated rings. The third-order valence-corrected chi connectivity index (χ3v) is 4.03. The number of amides is 1. The second kappa shape index (κ2) is 9.20. The van der Waals surface area contributed by atoms with Crippen LogP contribution in [0, 0.1) is 0 Å². The van der Waals surface area contributed by atoms with Crippen molar-refractivity contribution in [1.82, 2.24) is 10.2 Å². The number of nitrogens with zero attached hydrogens (tertiary/aromatic N) is 1. The largest absolute Gasteiger partial charge is 0.497 e. The summed E-state index contributed by atoms with van der Waals surface area (Å²) in [7, 11) is 3.50. The molecule has 2 rings (SSSR count). The van der Waals surface area contributed by atoms with Gasteiger partial charge in [0, 0.05) is 6.54 Å². The van der Waals surface area contributed by atoms with Gasteiger partial charge in [-0.15, -0.1) is 0 Å². The van der Waals surface area contributed by atoms with Gasteiger partial charge in [0.2, 0.25) is 5.91 Å². The molecular formula is C20H26N2O3. The molecule has 0 saturated heterocycles. The van der Waals surface area contributed by atoms with E-state index >= 15 is 0 Å². The Bertz CT molecular complexity index is 658. The van der Waals surface area contributed by atoms with Gasteiger partial charge in [-0.1, -0.05) is 42.5 Å². The number of nitrogens with one attached hydrogen (secondary N) is 1. The first-order valence-corrected chi connectivity index (χ1v) is 8.33. The van der Waals surface area contributed by atoms with Crippen LogP contribution in [0.25, 0.3) is 0 Å². The Morgan fingerprint density at radius 1 is 1.16 bits per heavy atom. The molecule has 1 amide bonds. The van der Waals surface area contributed by atoms with Gasteiger partial charge in [0.05, 0.1) is 25.8 Å². The van der Waals surface area contributed by atoms with Crippen LogP contribution in [0.2, 0.25) is 0 Å². The molecule has 134 valence electrons. The molecule has 0 aliphatic heterocycles. The highest BCUT2D eigenvalue weighted by Gasteiger charge is 2.19. The molecule has 0 bridgehead atoms. The van der Waals surface area contributed by atoms with Crippen molar-refractivity contribution in [3.05, 3.63) is 65.7 Å². The summed E-state index contributed by atoms with van der Waals surface area (Å²) in [6, 6.07) is 16.8. The Labute approximate surface area is 149 Å². The summed E-state index contributed by atoms with van der Waals surface area (Å²) in [4.78, 5) is 14.1. The zero-order chi connectivity index (χ0) is 18.2. The van der Waals surface area contributed by atoms with E-state index in [9.17, 15) is 9.90 Å². The standard InChI is InChI=1S/C20H26N2O3/c1-15(20(24)17-9-11-18(25-3)12-10-17)21-19(23)14-22(2)13-16-7-5-4-6-8-16/h4-12,15,20,24H,13-14H2,1-3H3,(H,21,23). The molecular weight excluding hydrogens is 316 g/mol. The van der Waals surface area contributed by atoms with Crippen molar-refractivity contribution >= 4 is 5.91 Å². The third-order valence-electron chi connectivity index (χ3n) is 4.03. The molecule has 0 aliphatic carbocycles. The predicted octanol–water partition coefficient (Wildman–Crippen LogP) is 2.37. The van der Waals surface area contributed by atoms with Crippen molar-refractivity contribution in [3.8, 4) is 5.75 Å². The van der Waals surface area contributed by atoms with Gasteiger partial charge in [-0.05, 0) is 37.2 Å². The number of ether oxygens (including phenoxy) is 1. The molecule has 0 spiro atoms. The molecule has 2 unspecified atom stereocenters. The summed E-state index contributed by atoms with van der Waals surface area (Å²) in [6.07, 6.45) is -0.769. The second-order valence-corrected chi connectivity index (χ2v) is 6.23. The zero-order valence-corrected chi connectivity index (χ0v) is 15.0. The molecule has 5 heteroatoms. The number of rotatable bonds is 8. The molecule has 2 atom stereocenters. The molecule has 0 radical (unpaired) electrons. The summed E-state index contributed by atoms with van der Waals surface area (Å²) >= 11 is 0. The van der Waals surface area contributed by atoms with E-state index in [0.717, 1.165) is 16.9 Å². The lowest BCUT2D eigenvalue weighted by Crippen LogP contribution is -2.42. The van der Waals surface area contributed by atoms with Crippen LogP contribution < -0.4 is 10.1 Å². The van der Waals surface area contributed by atoms with Crippen molar-refractivity contribution in [3.63, 3.8) is 0 Å². The highest BCUT2D eigenvalue weighted by Crippen LogP contribution is 2.20. The van der Waals surface area contributed by atoms with Crippen molar-refractivity contribution in [1.29, 1.82) is 0 Å². The van der Waals surface area contributed by atoms with Gasteiger partial charge < -0.3 is 15.2 Å². The van der Waals surface area contributed by atoms with E-state index in [2.05, 4.69) is 5.32 Å². The quantitative estimate of drug-likeness (QED) is 0.773. The lowest BCUT2D eigenvalue weighted by atomic mass is 10.0. The van der Waals surface area contributed by atoms with Crippen LogP contribution in [0.3, 0.4) is 0 Å². The Kier molecular flexibility index (Phi) is 6.98. The van der Waals surface area contributed by atoms with E-state index in [-0.39, 0.29) is 18.5 Å². The fourth-order valence-corrected chi connectivity index (χ4v) is 2.66. The van der Waals surface area contributed by atoms with Crippen LogP contribution in [-0.4, -0.2) is 42.7 Å².